The Hall–Kier alpha value is -2.82. The molecule has 2 heterocycles. The Bertz CT molecular complexity index is 816. The molecule has 1 aromatic carbocycles. The summed E-state index contributed by atoms with van der Waals surface area (Å²) in [6.07, 6.45) is 0.427. The maximum absolute atomic E-state index is 13.3. The van der Waals surface area contributed by atoms with E-state index in [1.54, 1.807) is 18.3 Å². The lowest BCUT2D eigenvalue weighted by atomic mass is 10.0. The Morgan fingerprint density at radius 3 is 2.78 bits per heavy atom. The molecule has 0 aliphatic carbocycles. The molecule has 0 amide bonds. The zero-order chi connectivity index (χ0) is 19.4. The molecule has 1 atom stereocenters. The molecule has 1 aliphatic rings. The van der Waals surface area contributed by atoms with Crippen molar-refractivity contribution in [3.63, 3.8) is 0 Å². The van der Waals surface area contributed by atoms with Crippen LogP contribution in [0.1, 0.15) is 30.9 Å². The first-order valence-electron chi connectivity index (χ1n) is 8.83. The van der Waals surface area contributed by atoms with Crippen molar-refractivity contribution in [1.29, 1.82) is 5.26 Å². The van der Waals surface area contributed by atoms with Gasteiger partial charge < -0.3 is 9.80 Å². The Morgan fingerprint density at radius 1 is 1.33 bits per heavy atom. The number of hydrogen-bond acceptors (Lipinski definition) is 5. The van der Waals surface area contributed by atoms with Gasteiger partial charge in [-0.2, -0.15) is 18.4 Å². The van der Waals surface area contributed by atoms with E-state index < -0.39 is 11.7 Å². The third kappa shape index (κ3) is 4.13. The first-order chi connectivity index (χ1) is 12.9. The fourth-order valence-corrected chi connectivity index (χ4v) is 3.58. The molecular weight excluding hydrogens is 355 g/mol. The molecule has 8 heteroatoms. The van der Waals surface area contributed by atoms with E-state index in [9.17, 15) is 13.2 Å². The van der Waals surface area contributed by atoms with Crippen LogP contribution in [-0.4, -0.2) is 35.6 Å². The molecule has 3 rings (SSSR count). The molecule has 27 heavy (non-hydrogen) atoms. The van der Waals surface area contributed by atoms with Crippen LogP contribution in [-0.2, 0) is 6.18 Å². The summed E-state index contributed by atoms with van der Waals surface area (Å²) in [5, 5.41) is 9.00. The quantitative estimate of drug-likeness (QED) is 0.812. The van der Waals surface area contributed by atoms with Crippen LogP contribution < -0.4 is 9.80 Å². The molecule has 1 aliphatic heterocycles. The number of likely N-dealkylation sites (N-methyl/N-ethyl adjacent to an activating group) is 1. The fraction of sp³-hybridized carbons (Fsp3) is 0.421. The third-order valence-electron chi connectivity index (χ3n) is 4.83. The Kier molecular flexibility index (Phi) is 5.49. The van der Waals surface area contributed by atoms with Gasteiger partial charge in [0.15, 0.2) is 0 Å². The van der Waals surface area contributed by atoms with E-state index in [4.69, 9.17) is 5.26 Å². The number of rotatable bonds is 4. The van der Waals surface area contributed by atoms with Crippen molar-refractivity contribution in [2.24, 2.45) is 0 Å². The van der Waals surface area contributed by atoms with Crippen LogP contribution in [0, 0.1) is 11.3 Å². The summed E-state index contributed by atoms with van der Waals surface area (Å²) in [7, 11) is 0. The average molecular weight is 375 g/mol. The standard InChI is InChI=1S/C19H20F3N5/c1-2-27(15-6-5-14(11-23)17(10-15)19(20,21)22)16-4-3-9-26(12-16)18-7-8-24-13-25-18/h5-8,10,13,16H,2-4,9,12H2,1H3/t16-/m1/s1. The van der Waals surface area contributed by atoms with Crippen molar-refractivity contribution in [3.8, 4) is 6.07 Å². The Labute approximate surface area is 156 Å². The molecule has 1 aromatic heterocycles. The minimum absolute atomic E-state index is 0.0627. The molecule has 0 spiro atoms. The molecule has 1 fully saturated rings. The van der Waals surface area contributed by atoms with E-state index in [0.717, 1.165) is 31.3 Å². The van der Waals surface area contributed by atoms with Gasteiger partial charge in [0, 0.05) is 37.6 Å². The highest BCUT2D eigenvalue weighted by molar-refractivity contribution is 5.56. The molecule has 1 saturated heterocycles. The first kappa shape index (κ1) is 19.0. The van der Waals surface area contributed by atoms with Crippen LogP contribution in [0.15, 0.2) is 36.8 Å². The number of piperidine rings is 1. The van der Waals surface area contributed by atoms with E-state index in [0.29, 0.717) is 18.8 Å². The Morgan fingerprint density at radius 2 is 2.15 bits per heavy atom. The predicted octanol–water partition coefficient (Wildman–Crippen LogP) is 3.86. The van der Waals surface area contributed by atoms with Gasteiger partial charge in [0.25, 0.3) is 0 Å². The van der Waals surface area contributed by atoms with Gasteiger partial charge in [0.1, 0.15) is 12.1 Å². The first-order valence-corrected chi connectivity index (χ1v) is 8.83. The SMILES string of the molecule is CCN(c1ccc(C#N)c(C(F)(F)F)c1)[C@@H]1CCCN(c2ccncn2)C1. The normalized spacial score (nSPS) is 17.4. The highest BCUT2D eigenvalue weighted by atomic mass is 19.4. The van der Waals surface area contributed by atoms with Crippen molar-refractivity contribution in [2.75, 3.05) is 29.4 Å². The predicted molar refractivity (Wildman–Crippen MR) is 96.4 cm³/mol. The zero-order valence-corrected chi connectivity index (χ0v) is 14.9. The summed E-state index contributed by atoms with van der Waals surface area (Å²) in [5.74, 6) is 0.821. The largest absolute Gasteiger partial charge is 0.417 e. The van der Waals surface area contributed by atoms with Crippen LogP contribution in [0.2, 0.25) is 0 Å². The van der Waals surface area contributed by atoms with Gasteiger partial charge in [-0.25, -0.2) is 9.97 Å². The highest BCUT2D eigenvalue weighted by Crippen LogP contribution is 2.35. The zero-order valence-electron chi connectivity index (χ0n) is 14.9. The van der Waals surface area contributed by atoms with Crippen molar-refractivity contribution in [1.82, 2.24) is 9.97 Å². The van der Waals surface area contributed by atoms with Crippen molar-refractivity contribution in [2.45, 2.75) is 32.0 Å². The van der Waals surface area contributed by atoms with E-state index >= 15 is 0 Å². The van der Waals surface area contributed by atoms with Crippen LogP contribution in [0.4, 0.5) is 24.7 Å². The van der Waals surface area contributed by atoms with Crippen LogP contribution in [0.25, 0.3) is 0 Å². The summed E-state index contributed by atoms with van der Waals surface area (Å²) in [6.45, 7) is 4.03. The molecule has 142 valence electrons. The molecule has 2 aromatic rings. The number of nitriles is 1. The van der Waals surface area contributed by atoms with Crippen molar-refractivity contribution < 1.29 is 13.2 Å². The minimum atomic E-state index is -4.56. The lowest BCUT2D eigenvalue weighted by Crippen LogP contribution is -2.48. The second-order valence-electron chi connectivity index (χ2n) is 6.44. The molecule has 0 saturated carbocycles. The highest BCUT2D eigenvalue weighted by Gasteiger charge is 2.35. The van der Waals surface area contributed by atoms with Crippen LogP contribution in [0.3, 0.4) is 0 Å². The van der Waals surface area contributed by atoms with Crippen LogP contribution in [0.5, 0.6) is 0 Å². The van der Waals surface area contributed by atoms with E-state index in [1.165, 1.54) is 12.4 Å². The number of halogens is 3. The molecule has 5 nitrogen and oxygen atoms in total. The second-order valence-corrected chi connectivity index (χ2v) is 6.44. The fourth-order valence-electron chi connectivity index (χ4n) is 3.58. The van der Waals surface area contributed by atoms with Gasteiger partial charge in [-0.1, -0.05) is 0 Å². The number of anilines is 2. The van der Waals surface area contributed by atoms with E-state index in [2.05, 4.69) is 14.9 Å². The molecule has 0 radical (unpaired) electrons. The number of nitrogens with zero attached hydrogens (tertiary/aromatic N) is 5. The molecular formula is C19H20F3N5. The topological polar surface area (TPSA) is 56.1 Å². The molecule has 0 unspecified atom stereocenters. The maximum atomic E-state index is 13.3. The maximum Gasteiger partial charge on any atom is 0.417 e. The van der Waals surface area contributed by atoms with Gasteiger partial charge in [0.2, 0.25) is 0 Å². The van der Waals surface area contributed by atoms with Gasteiger partial charge in [-0.05, 0) is 44.0 Å². The number of alkyl halides is 3. The van der Waals surface area contributed by atoms with Gasteiger partial charge in [-0.15, -0.1) is 0 Å². The van der Waals surface area contributed by atoms with Gasteiger partial charge in [0.05, 0.1) is 17.2 Å². The average Bonchev–Trinajstić information content (AvgIpc) is 2.69. The number of benzene rings is 1. The van der Waals surface area contributed by atoms with Gasteiger partial charge >= 0.3 is 6.18 Å². The van der Waals surface area contributed by atoms with E-state index in [-0.39, 0.29) is 11.6 Å². The lowest BCUT2D eigenvalue weighted by Gasteiger charge is -2.40. The van der Waals surface area contributed by atoms with E-state index in [1.807, 2.05) is 17.9 Å². The van der Waals surface area contributed by atoms with Crippen molar-refractivity contribution >= 4 is 11.5 Å². The summed E-state index contributed by atoms with van der Waals surface area (Å²) >= 11 is 0. The molecule has 0 bridgehead atoms. The summed E-state index contributed by atoms with van der Waals surface area (Å²) in [5.41, 5.74) is -0.753. The second kappa shape index (κ2) is 7.82. The minimum Gasteiger partial charge on any atom is -0.367 e. The summed E-state index contributed by atoms with van der Waals surface area (Å²) in [4.78, 5) is 12.3. The summed E-state index contributed by atoms with van der Waals surface area (Å²) in [6, 6.07) is 7.47. The number of aromatic nitrogens is 2. The Balaban J connectivity index is 1.87. The van der Waals surface area contributed by atoms with Crippen LogP contribution >= 0.6 is 0 Å². The van der Waals surface area contributed by atoms with Gasteiger partial charge in [-0.3, -0.25) is 0 Å². The monoisotopic (exact) mass is 375 g/mol. The van der Waals surface area contributed by atoms with Crippen molar-refractivity contribution in [3.05, 3.63) is 47.9 Å². The molecule has 0 N–H and O–H groups in total. The smallest absolute Gasteiger partial charge is 0.367 e. The number of hydrogen-bond donors (Lipinski definition) is 0. The summed E-state index contributed by atoms with van der Waals surface area (Å²) < 4.78 is 39.9. The third-order valence-corrected chi connectivity index (χ3v) is 4.83. The lowest BCUT2D eigenvalue weighted by molar-refractivity contribution is -0.137.